The predicted molar refractivity (Wildman–Crippen MR) is 185 cm³/mol. The molecule has 9 nitrogen and oxygen atoms in total. The number of hydrogen-bond donors (Lipinski definition) is 3. The van der Waals surface area contributed by atoms with Crippen LogP contribution in [0.1, 0.15) is 77.6 Å². The van der Waals surface area contributed by atoms with Crippen LogP contribution in [0.3, 0.4) is 0 Å². The zero-order valence-corrected chi connectivity index (χ0v) is 30.6. The van der Waals surface area contributed by atoms with Gasteiger partial charge in [0.15, 0.2) is 0 Å². The first-order chi connectivity index (χ1) is 21.0. The van der Waals surface area contributed by atoms with Gasteiger partial charge in [-0.2, -0.15) is 0 Å². The van der Waals surface area contributed by atoms with Crippen molar-refractivity contribution >= 4 is 27.7 Å². The second-order valence-corrected chi connectivity index (χ2v) is 16.0. The summed E-state index contributed by atoms with van der Waals surface area (Å²) < 4.78 is 27.8. The van der Waals surface area contributed by atoms with E-state index in [2.05, 4.69) is 33.6 Å². The first-order valence-electron chi connectivity index (χ1n) is 15.7. The summed E-state index contributed by atoms with van der Waals surface area (Å²) in [4.78, 5) is 42.6. The fraction of sp³-hybridized carbons (Fsp3) is 0.528. The molecule has 0 aromatic heterocycles. The summed E-state index contributed by atoms with van der Waals surface area (Å²) in [5.41, 5.74) is 3.39. The van der Waals surface area contributed by atoms with Crippen LogP contribution in [0.4, 0.5) is 0 Å². The smallest absolute Gasteiger partial charge is 0.264 e. The van der Waals surface area contributed by atoms with Crippen LogP contribution in [0.25, 0.3) is 0 Å². The van der Waals surface area contributed by atoms with E-state index in [0.29, 0.717) is 5.70 Å². The van der Waals surface area contributed by atoms with E-state index in [1.165, 1.54) is 17.0 Å². The Kier molecular flexibility index (Phi) is 12.6. The maximum absolute atomic E-state index is 14.1. The molecule has 0 aliphatic carbocycles. The van der Waals surface area contributed by atoms with E-state index in [-0.39, 0.29) is 22.6 Å². The molecule has 254 valence electrons. The number of amides is 3. The normalized spacial score (nSPS) is 14.8. The van der Waals surface area contributed by atoms with Crippen LogP contribution in [0, 0.1) is 38.0 Å². The molecule has 10 heteroatoms. The molecule has 3 amide bonds. The van der Waals surface area contributed by atoms with Gasteiger partial charge in [0.05, 0.1) is 16.9 Å². The second kappa shape index (κ2) is 14.9. The first kappa shape index (κ1) is 38.7. The lowest BCUT2D eigenvalue weighted by Gasteiger charge is -2.39. The highest BCUT2D eigenvalue weighted by atomic mass is 32.2. The summed E-state index contributed by atoms with van der Waals surface area (Å²) in [6.07, 6.45) is 1.60. The van der Waals surface area contributed by atoms with Crippen molar-refractivity contribution in [2.45, 2.75) is 98.6 Å². The minimum absolute atomic E-state index is 0.0108. The number of benzene rings is 2. The topological polar surface area (TPSA) is 125 Å². The van der Waals surface area contributed by atoms with Crippen molar-refractivity contribution in [3.05, 3.63) is 76.5 Å². The van der Waals surface area contributed by atoms with Crippen LogP contribution in [0.5, 0.6) is 0 Å². The highest BCUT2D eigenvalue weighted by Crippen LogP contribution is 2.31. The Hall–Kier alpha value is -3.50. The first-order valence-corrected chi connectivity index (χ1v) is 17.2. The fourth-order valence-corrected chi connectivity index (χ4v) is 6.62. The number of nitrogens with one attached hydrogen (secondary N) is 3. The molecule has 0 bridgehead atoms. The molecular weight excluding hydrogens is 600 g/mol. The van der Waals surface area contributed by atoms with Crippen molar-refractivity contribution in [1.82, 2.24) is 20.3 Å². The van der Waals surface area contributed by atoms with Crippen LogP contribution in [-0.4, -0.2) is 57.2 Å². The lowest BCUT2D eigenvalue weighted by Crippen LogP contribution is -2.60. The number of rotatable bonds is 12. The molecule has 46 heavy (non-hydrogen) atoms. The third kappa shape index (κ3) is 9.51. The molecule has 0 fully saturated rings. The Labute approximate surface area is 276 Å². The number of hydrogen-bond acceptors (Lipinski definition) is 6. The van der Waals surface area contributed by atoms with E-state index in [0.717, 1.165) is 22.3 Å². The highest BCUT2D eigenvalue weighted by Gasteiger charge is 2.41. The Bertz CT molecular complexity index is 1530. The molecule has 0 saturated heterocycles. The summed E-state index contributed by atoms with van der Waals surface area (Å²) in [5.74, 6) is -2.44. The SMILES string of the molecule is CN[C@H](C(=O)N[C@H](C(=O)N(C)/C(=C/C(C)C(=O)NS(=O)(=O)c1ccc(C)cc1)C(C)C)C(C)(C)C)C(C)(C)c1cc(C)cc(C)c1. The third-order valence-corrected chi connectivity index (χ3v) is 9.71. The second-order valence-electron chi connectivity index (χ2n) is 14.3. The molecule has 0 saturated carbocycles. The van der Waals surface area contributed by atoms with Crippen LogP contribution >= 0.6 is 0 Å². The Balaban J connectivity index is 2.36. The van der Waals surface area contributed by atoms with Gasteiger partial charge in [-0.1, -0.05) is 102 Å². The van der Waals surface area contributed by atoms with Crippen molar-refractivity contribution in [1.29, 1.82) is 0 Å². The minimum atomic E-state index is -4.07. The molecule has 3 atom stereocenters. The summed E-state index contributed by atoms with van der Waals surface area (Å²) >= 11 is 0. The fourth-order valence-electron chi connectivity index (χ4n) is 5.55. The summed E-state index contributed by atoms with van der Waals surface area (Å²) in [6, 6.07) is 10.9. The number of carbonyl (C=O) groups is 3. The van der Waals surface area contributed by atoms with Gasteiger partial charge in [-0.25, -0.2) is 13.1 Å². The third-order valence-electron chi connectivity index (χ3n) is 8.35. The van der Waals surface area contributed by atoms with E-state index in [1.807, 2.05) is 69.2 Å². The van der Waals surface area contributed by atoms with Gasteiger partial charge in [0.2, 0.25) is 17.7 Å². The molecule has 0 radical (unpaired) electrons. The van der Waals surface area contributed by atoms with E-state index in [1.54, 1.807) is 39.2 Å². The molecular formula is C36H54N4O5S. The summed E-state index contributed by atoms with van der Waals surface area (Å²) in [5, 5.41) is 6.21. The van der Waals surface area contributed by atoms with Crippen LogP contribution in [0.2, 0.25) is 0 Å². The molecule has 2 aromatic rings. The molecule has 0 heterocycles. The predicted octanol–water partition coefficient (Wildman–Crippen LogP) is 5.15. The average Bonchev–Trinajstić information content (AvgIpc) is 2.92. The number of allylic oxidation sites excluding steroid dienone is 1. The molecule has 1 unspecified atom stereocenters. The largest absolute Gasteiger partial charge is 0.342 e. The maximum atomic E-state index is 14.1. The zero-order valence-electron chi connectivity index (χ0n) is 29.8. The number of likely N-dealkylation sites (N-methyl/N-ethyl adjacent to an activating group) is 2. The van der Waals surface area contributed by atoms with Gasteiger partial charge < -0.3 is 15.5 Å². The zero-order chi connectivity index (χ0) is 35.4. The standard InChI is InChI=1S/C36H54N4O5S/c1-22(2)29(21-26(6)32(41)39-46(44,45)28-16-14-23(3)15-17-28)40(13)34(43)31(35(7,8)9)38-33(42)30(37-12)36(10,11)27-19-24(4)18-25(5)20-27/h14-22,26,30-31,37H,1-13H3,(H,38,42)(H,39,41)/b29-21+/t26?,30-,31-/m1/s1. The summed E-state index contributed by atoms with van der Waals surface area (Å²) in [6.45, 7) is 20.9. The molecule has 3 N–H and O–H groups in total. The number of nitrogens with zero attached hydrogens (tertiary/aromatic N) is 1. The van der Waals surface area contributed by atoms with E-state index < -0.39 is 44.8 Å². The van der Waals surface area contributed by atoms with E-state index in [4.69, 9.17) is 0 Å². The van der Waals surface area contributed by atoms with Crippen molar-refractivity contribution in [2.24, 2.45) is 17.3 Å². The van der Waals surface area contributed by atoms with Crippen LogP contribution in [0.15, 0.2) is 59.1 Å². The molecule has 2 rings (SSSR count). The van der Waals surface area contributed by atoms with Gasteiger partial charge in [-0.15, -0.1) is 0 Å². The van der Waals surface area contributed by atoms with Gasteiger partial charge >= 0.3 is 0 Å². The van der Waals surface area contributed by atoms with Crippen molar-refractivity contribution in [2.75, 3.05) is 14.1 Å². The van der Waals surface area contributed by atoms with Gasteiger partial charge in [0, 0.05) is 18.2 Å². The number of carbonyl (C=O) groups excluding carboxylic acids is 3. The molecule has 2 aromatic carbocycles. The van der Waals surface area contributed by atoms with Gasteiger partial charge in [-0.3, -0.25) is 14.4 Å². The lowest BCUT2D eigenvalue weighted by molar-refractivity contribution is -0.138. The summed E-state index contributed by atoms with van der Waals surface area (Å²) in [7, 11) is -0.722. The Morgan fingerprint density at radius 2 is 1.33 bits per heavy atom. The van der Waals surface area contributed by atoms with Crippen molar-refractivity contribution < 1.29 is 22.8 Å². The monoisotopic (exact) mass is 654 g/mol. The molecule has 0 aliphatic rings. The number of aryl methyl sites for hydroxylation is 3. The van der Waals surface area contributed by atoms with E-state index >= 15 is 0 Å². The van der Waals surface area contributed by atoms with Gasteiger partial charge in [-0.05, 0) is 63.8 Å². The Morgan fingerprint density at radius 1 is 0.804 bits per heavy atom. The Morgan fingerprint density at radius 3 is 1.78 bits per heavy atom. The van der Waals surface area contributed by atoms with Crippen LogP contribution in [-0.2, 0) is 29.8 Å². The van der Waals surface area contributed by atoms with Crippen molar-refractivity contribution in [3.8, 4) is 0 Å². The van der Waals surface area contributed by atoms with Gasteiger partial charge in [0.1, 0.15) is 6.04 Å². The average molecular weight is 655 g/mol. The molecule has 0 spiro atoms. The highest BCUT2D eigenvalue weighted by molar-refractivity contribution is 7.90. The maximum Gasteiger partial charge on any atom is 0.264 e. The quantitative estimate of drug-likeness (QED) is 0.291. The lowest BCUT2D eigenvalue weighted by atomic mass is 9.76. The van der Waals surface area contributed by atoms with Crippen LogP contribution < -0.4 is 15.4 Å². The van der Waals surface area contributed by atoms with E-state index in [9.17, 15) is 22.8 Å². The molecule has 0 aliphatic heterocycles. The van der Waals surface area contributed by atoms with Crippen molar-refractivity contribution in [3.63, 3.8) is 0 Å². The van der Waals surface area contributed by atoms with Gasteiger partial charge in [0.25, 0.3) is 10.0 Å². The minimum Gasteiger partial charge on any atom is -0.342 e. The number of sulfonamides is 1.